The number of para-hydroxylation sites is 4. The van der Waals surface area contributed by atoms with E-state index in [1.165, 1.54) is 22.7 Å². The van der Waals surface area contributed by atoms with E-state index in [1.54, 1.807) is 0 Å². The summed E-state index contributed by atoms with van der Waals surface area (Å²) in [5.41, 5.74) is 11.2. The van der Waals surface area contributed by atoms with Crippen LogP contribution in [0.15, 0.2) is 72.6 Å². The average molecular weight is 348 g/mol. The molecule has 6 heteroatoms. The van der Waals surface area contributed by atoms with E-state index in [2.05, 4.69) is 107 Å². The molecule has 0 spiro atoms. The van der Waals surface area contributed by atoms with Gasteiger partial charge in [-0.25, -0.2) is 0 Å². The van der Waals surface area contributed by atoms with Crippen LogP contribution in [0, 0.1) is 0 Å². The lowest BCUT2D eigenvalue weighted by molar-refractivity contribution is 0.750. The highest BCUT2D eigenvalue weighted by atomic mass is 15.4. The Morgan fingerprint density at radius 1 is 0.538 bits per heavy atom. The van der Waals surface area contributed by atoms with Gasteiger partial charge in [-0.05, 0) is 24.3 Å². The molecule has 2 N–H and O–H groups in total. The predicted molar refractivity (Wildman–Crippen MR) is 109 cm³/mol. The minimum absolute atomic E-state index is 1.08. The van der Waals surface area contributed by atoms with Crippen LogP contribution in [0.1, 0.15) is 0 Å². The highest BCUT2D eigenvalue weighted by Gasteiger charge is 2.26. The molecule has 0 saturated heterocycles. The molecule has 0 radical (unpaired) electrons. The van der Waals surface area contributed by atoms with E-state index in [0.717, 1.165) is 11.6 Å². The summed E-state index contributed by atoms with van der Waals surface area (Å²) in [6, 6.07) is 16.8. The fourth-order valence-electron chi connectivity index (χ4n) is 3.61. The molecule has 0 bridgehead atoms. The van der Waals surface area contributed by atoms with E-state index >= 15 is 0 Å². The number of nitrogens with zero attached hydrogens (tertiary/aromatic N) is 4. The summed E-state index contributed by atoms with van der Waals surface area (Å²) in [4.78, 5) is 8.67. The first-order valence-electron chi connectivity index (χ1n) is 8.64. The lowest BCUT2D eigenvalue weighted by Crippen LogP contribution is -2.31. The fourth-order valence-corrected chi connectivity index (χ4v) is 3.61. The highest BCUT2D eigenvalue weighted by molar-refractivity contribution is 5.82. The molecule has 0 fully saturated rings. The normalized spacial score (nSPS) is 15.2. The molecule has 2 aliphatic rings. The van der Waals surface area contributed by atoms with Gasteiger partial charge < -0.3 is 30.5 Å². The van der Waals surface area contributed by atoms with Crippen LogP contribution < -0.4 is 30.5 Å². The van der Waals surface area contributed by atoms with Crippen LogP contribution in [0.2, 0.25) is 0 Å². The largest absolute Gasteiger partial charge is 0.328 e. The summed E-state index contributed by atoms with van der Waals surface area (Å²) in [6.07, 6.45) is 3.94. The van der Waals surface area contributed by atoms with Crippen molar-refractivity contribution in [1.82, 2.24) is 10.9 Å². The van der Waals surface area contributed by atoms with Crippen LogP contribution in [0.25, 0.3) is 0 Å². The van der Waals surface area contributed by atoms with Crippen molar-refractivity contribution in [2.75, 3.05) is 47.8 Å². The van der Waals surface area contributed by atoms with Gasteiger partial charge in [0.15, 0.2) is 0 Å². The van der Waals surface area contributed by atoms with Crippen LogP contribution in [-0.2, 0) is 0 Å². The van der Waals surface area contributed by atoms with Crippen molar-refractivity contribution in [1.29, 1.82) is 0 Å². The average Bonchev–Trinajstić information content (AvgIpc) is 3.06. The summed E-state index contributed by atoms with van der Waals surface area (Å²) in [6.45, 7) is 0. The van der Waals surface area contributed by atoms with Gasteiger partial charge in [0.25, 0.3) is 0 Å². The molecule has 2 aromatic rings. The number of hydrogen-bond donors (Lipinski definition) is 2. The van der Waals surface area contributed by atoms with Gasteiger partial charge in [0, 0.05) is 28.2 Å². The Hall–Kier alpha value is -3.28. The molecule has 0 atom stereocenters. The second kappa shape index (κ2) is 6.22. The SMILES string of the molecule is CN1C(=CNNC=C2N(C)c3ccccc3N2C)N(C)c2ccccc21. The number of fused-ring (bicyclic) bond motifs is 2. The number of rotatable bonds is 3. The molecule has 0 aliphatic carbocycles. The Kier molecular flexibility index (Phi) is 3.88. The van der Waals surface area contributed by atoms with Gasteiger partial charge >= 0.3 is 0 Å². The Labute approximate surface area is 154 Å². The molecular formula is C20H24N6. The second-order valence-electron chi connectivity index (χ2n) is 6.51. The molecule has 2 aliphatic heterocycles. The molecule has 2 heterocycles. The standard InChI is InChI=1S/C20H24N6/c1-23-15-9-5-6-10-16(15)24(2)19(23)13-21-22-14-20-25(3)17-11-7-8-12-18(17)26(20)4/h5-14,21-22H,1-4H3. The zero-order chi connectivity index (χ0) is 18.3. The van der Waals surface area contributed by atoms with Crippen LogP contribution >= 0.6 is 0 Å². The zero-order valence-corrected chi connectivity index (χ0v) is 15.6. The summed E-state index contributed by atoms with van der Waals surface area (Å²) in [5.74, 6) is 2.15. The van der Waals surface area contributed by atoms with Crippen molar-refractivity contribution in [3.8, 4) is 0 Å². The Balaban J connectivity index is 1.46. The third kappa shape index (κ3) is 2.42. The smallest absolute Gasteiger partial charge is 0.131 e. The number of anilines is 4. The fraction of sp³-hybridized carbons (Fsp3) is 0.200. The maximum absolute atomic E-state index is 3.19. The van der Waals surface area contributed by atoms with Crippen LogP contribution in [0.5, 0.6) is 0 Å². The number of hydrogen-bond acceptors (Lipinski definition) is 6. The zero-order valence-electron chi connectivity index (χ0n) is 15.6. The summed E-state index contributed by atoms with van der Waals surface area (Å²) >= 11 is 0. The number of hydrazine groups is 1. The molecule has 0 saturated carbocycles. The quantitative estimate of drug-likeness (QED) is 0.656. The van der Waals surface area contributed by atoms with Crippen LogP contribution in [0.4, 0.5) is 22.7 Å². The Bertz CT molecular complexity index is 752. The minimum Gasteiger partial charge on any atom is -0.328 e. The van der Waals surface area contributed by atoms with E-state index in [-0.39, 0.29) is 0 Å². The van der Waals surface area contributed by atoms with Gasteiger partial charge in [-0.2, -0.15) is 0 Å². The Morgan fingerprint density at radius 2 is 0.808 bits per heavy atom. The maximum atomic E-state index is 3.19. The van der Waals surface area contributed by atoms with E-state index in [0.29, 0.717) is 0 Å². The van der Waals surface area contributed by atoms with Gasteiger partial charge in [-0.1, -0.05) is 24.3 Å². The van der Waals surface area contributed by atoms with Crippen LogP contribution in [0.3, 0.4) is 0 Å². The van der Waals surface area contributed by atoms with Crippen molar-refractivity contribution in [2.24, 2.45) is 0 Å². The van der Waals surface area contributed by atoms with Gasteiger partial charge in [0.1, 0.15) is 11.6 Å². The molecule has 0 unspecified atom stereocenters. The minimum atomic E-state index is 1.08. The van der Waals surface area contributed by atoms with Crippen molar-refractivity contribution in [2.45, 2.75) is 0 Å². The molecule has 26 heavy (non-hydrogen) atoms. The lowest BCUT2D eigenvalue weighted by Gasteiger charge is -2.20. The number of benzene rings is 2. The topological polar surface area (TPSA) is 37.0 Å². The molecule has 134 valence electrons. The first-order valence-corrected chi connectivity index (χ1v) is 8.64. The molecule has 6 nitrogen and oxygen atoms in total. The summed E-state index contributed by atoms with van der Waals surface area (Å²) in [7, 11) is 8.29. The van der Waals surface area contributed by atoms with E-state index in [9.17, 15) is 0 Å². The van der Waals surface area contributed by atoms with E-state index in [4.69, 9.17) is 0 Å². The Morgan fingerprint density at radius 3 is 1.08 bits per heavy atom. The first-order chi connectivity index (χ1) is 12.6. The number of nitrogens with one attached hydrogen (secondary N) is 2. The molecular weight excluding hydrogens is 324 g/mol. The van der Waals surface area contributed by atoms with Crippen molar-refractivity contribution in [3.05, 3.63) is 72.6 Å². The molecule has 0 amide bonds. The van der Waals surface area contributed by atoms with Gasteiger partial charge in [-0.15, -0.1) is 0 Å². The van der Waals surface area contributed by atoms with Crippen LogP contribution in [-0.4, -0.2) is 28.2 Å². The molecule has 4 rings (SSSR count). The van der Waals surface area contributed by atoms with Crippen molar-refractivity contribution >= 4 is 22.7 Å². The van der Waals surface area contributed by atoms with Gasteiger partial charge in [0.05, 0.1) is 35.1 Å². The maximum Gasteiger partial charge on any atom is 0.131 e. The summed E-state index contributed by atoms with van der Waals surface area (Å²) < 4.78 is 0. The molecule has 0 aromatic heterocycles. The monoisotopic (exact) mass is 348 g/mol. The lowest BCUT2D eigenvalue weighted by atomic mass is 10.3. The molecule has 2 aromatic carbocycles. The third-order valence-corrected chi connectivity index (χ3v) is 5.07. The van der Waals surface area contributed by atoms with Crippen molar-refractivity contribution in [3.63, 3.8) is 0 Å². The second-order valence-corrected chi connectivity index (χ2v) is 6.51. The van der Waals surface area contributed by atoms with Gasteiger partial charge in [0.2, 0.25) is 0 Å². The first kappa shape index (κ1) is 16.2. The third-order valence-electron chi connectivity index (χ3n) is 5.07. The summed E-state index contributed by atoms with van der Waals surface area (Å²) in [5, 5.41) is 0. The highest BCUT2D eigenvalue weighted by Crippen LogP contribution is 2.39. The van der Waals surface area contributed by atoms with Crippen molar-refractivity contribution < 1.29 is 0 Å². The van der Waals surface area contributed by atoms with E-state index < -0.39 is 0 Å². The predicted octanol–water partition coefficient (Wildman–Crippen LogP) is 2.85. The van der Waals surface area contributed by atoms with E-state index in [1.807, 2.05) is 12.4 Å². The van der Waals surface area contributed by atoms with Gasteiger partial charge in [-0.3, -0.25) is 0 Å².